The molecular formula is C15H25BN2O2. The number of allylic oxidation sites excluding steroid dienone is 1. The molecule has 0 saturated carbocycles. The fourth-order valence-corrected chi connectivity index (χ4v) is 1.55. The van der Waals surface area contributed by atoms with Crippen LogP contribution in [0.3, 0.4) is 0 Å². The molecule has 5 heteroatoms. The van der Waals surface area contributed by atoms with Gasteiger partial charge in [0.15, 0.2) is 0 Å². The molecule has 0 aromatic rings. The molecule has 0 fully saturated rings. The molecule has 0 aromatic heterocycles. The van der Waals surface area contributed by atoms with Gasteiger partial charge in [0.05, 0.1) is 11.2 Å². The van der Waals surface area contributed by atoms with E-state index < -0.39 is 5.60 Å². The number of rotatable bonds is 6. The highest BCUT2D eigenvalue weighted by molar-refractivity contribution is 6.43. The smallest absolute Gasteiger partial charge is 0.311 e. The van der Waals surface area contributed by atoms with Gasteiger partial charge in [0.1, 0.15) is 5.84 Å². The van der Waals surface area contributed by atoms with Gasteiger partial charge in [-0.1, -0.05) is 12.7 Å². The zero-order valence-corrected chi connectivity index (χ0v) is 13.4. The first-order valence-electron chi connectivity index (χ1n) is 6.78. The Hall–Kier alpha value is -1.33. The summed E-state index contributed by atoms with van der Waals surface area (Å²) < 4.78 is 11.5. The second-order valence-electron chi connectivity index (χ2n) is 5.77. The van der Waals surface area contributed by atoms with Crippen molar-refractivity contribution in [3.05, 3.63) is 36.1 Å². The summed E-state index contributed by atoms with van der Waals surface area (Å²) in [6.07, 6.45) is 5.50. The molecule has 0 unspecified atom stereocenters. The Morgan fingerprint density at radius 2 is 1.95 bits per heavy atom. The van der Waals surface area contributed by atoms with Gasteiger partial charge < -0.3 is 14.7 Å². The minimum Gasteiger partial charge on any atom is -0.427 e. The van der Waals surface area contributed by atoms with Crippen molar-refractivity contribution in [3.63, 3.8) is 0 Å². The predicted molar refractivity (Wildman–Crippen MR) is 86.0 cm³/mol. The van der Waals surface area contributed by atoms with Crippen LogP contribution in [0, 0.1) is 0 Å². The zero-order valence-electron chi connectivity index (χ0n) is 13.4. The fraction of sp³-hybridized carbons (Fsp3) is 0.533. The third kappa shape index (κ3) is 3.61. The first-order valence-corrected chi connectivity index (χ1v) is 6.78. The van der Waals surface area contributed by atoms with E-state index in [0.717, 1.165) is 16.9 Å². The van der Waals surface area contributed by atoms with Crippen molar-refractivity contribution < 1.29 is 9.39 Å². The second kappa shape index (κ2) is 6.42. The van der Waals surface area contributed by atoms with Crippen LogP contribution < -0.4 is 5.32 Å². The number of ether oxygens (including phenoxy) is 1. The first-order chi connectivity index (χ1) is 9.25. The average molecular weight is 276 g/mol. The SMILES string of the molecule is C=C1C(BOC(C)(C)C(C)(C)OC)=CN/C1=N/C=C\C. The van der Waals surface area contributed by atoms with E-state index in [0.29, 0.717) is 7.48 Å². The number of amidine groups is 1. The third-order valence-electron chi connectivity index (χ3n) is 3.96. The Kier molecular flexibility index (Phi) is 5.37. The second-order valence-corrected chi connectivity index (χ2v) is 5.77. The van der Waals surface area contributed by atoms with Crippen LogP contribution in [0.4, 0.5) is 0 Å². The fourth-order valence-electron chi connectivity index (χ4n) is 1.55. The topological polar surface area (TPSA) is 42.9 Å². The van der Waals surface area contributed by atoms with Crippen molar-refractivity contribution in [3.8, 4) is 0 Å². The predicted octanol–water partition coefficient (Wildman–Crippen LogP) is 2.49. The highest BCUT2D eigenvalue weighted by Crippen LogP contribution is 2.29. The third-order valence-corrected chi connectivity index (χ3v) is 3.96. The van der Waals surface area contributed by atoms with Crippen molar-refractivity contribution in [1.82, 2.24) is 5.32 Å². The number of hydrogen-bond acceptors (Lipinski definition) is 3. The summed E-state index contributed by atoms with van der Waals surface area (Å²) in [5.41, 5.74) is 1.09. The average Bonchev–Trinajstić information content (AvgIpc) is 2.74. The molecule has 1 N–H and O–H groups in total. The van der Waals surface area contributed by atoms with E-state index in [1.165, 1.54) is 0 Å². The van der Waals surface area contributed by atoms with Gasteiger partial charge in [-0.15, -0.1) is 0 Å². The van der Waals surface area contributed by atoms with E-state index in [1.807, 2.05) is 46.9 Å². The van der Waals surface area contributed by atoms with Gasteiger partial charge in [-0.05, 0) is 46.3 Å². The first kappa shape index (κ1) is 16.7. The molecule has 20 heavy (non-hydrogen) atoms. The van der Waals surface area contributed by atoms with Crippen LogP contribution in [-0.4, -0.2) is 31.6 Å². The summed E-state index contributed by atoms with van der Waals surface area (Å²) >= 11 is 0. The van der Waals surface area contributed by atoms with E-state index in [1.54, 1.807) is 13.3 Å². The highest BCUT2D eigenvalue weighted by atomic mass is 16.5. The quantitative estimate of drug-likeness (QED) is 0.758. The van der Waals surface area contributed by atoms with Gasteiger partial charge >= 0.3 is 7.48 Å². The molecule has 0 aliphatic carbocycles. The molecule has 110 valence electrons. The van der Waals surface area contributed by atoms with E-state index >= 15 is 0 Å². The van der Waals surface area contributed by atoms with Gasteiger partial charge in [-0.2, -0.15) is 0 Å². The van der Waals surface area contributed by atoms with Gasteiger partial charge in [-0.25, -0.2) is 4.99 Å². The number of nitrogens with one attached hydrogen (secondary N) is 1. The molecule has 1 aliphatic rings. The van der Waals surface area contributed by atoms with Crippen molar-refractivity contribution in [1.29, 1.82) is 0 Å². The molecule has 0 bridgehead atoms. The minimum atomic E-state index is -0.411. The van der Waals surface area contributed by atoms with Crippen LogP contribution in [0.15, 0.2) is 41.1 Å². The molecule has 1 rings (SSSR count). The molecule has 4 nitrogen and oxygen atoms in total. The summed E-state index contributed by atoms with van der Waals surface area (Å²) in [5, 5.41) is 3.11. The lowest BCUT2D eigenvalue weighted by Gasteiger charge is -2.40. The lowest BCUT2D eigenvalue weighted by Crippen LogP contribution is -2.49. The molecule has 0 radical (unpaired) electrons. The highest BCUT2D eigenvalue weighted by Gasteiger charge is 2.38. The normalized spacial score (nSPS) is 18.6. The maximum atomic E-state index is 6.03. The Morgan fingerprint density at radius 1 is 1.30 bits per heavy atom. The Bertz CT molecular complexity index is 462. The van der Waals surface area contributed by atoms with E-state index in [9.17, 15) is 0 Å². The van der Waals surface area contributed by atoms with Crippen LogP contribution in [-0.2, 0) is 9.39 Å². The maximum Gasteiger partial charge on any atom is 0.311 e. The Balaban J connectivity index is 2.67. The van der Waals surface area contributed by atoms with E-state index in [2.05, 4.69) is 16.9 Å². The monoisotopic (exact) mass is 276 g/mol. The van der Waals surface area contributed by atoms with Gasteiger partial charge in [0.25, 0.3) is 0 Å². The maximum absolute atomic E-state index is 6.03. The molecule has 0 atom stereocenters. The van der Waals surface area contributed by atoms with Gasteiger partial charge in [0.2, 0.25) is 0 Å². The molecule has 0 spiro atoms. The van der Waals surface area contributed by atoms with Crippen molar-refractivity contribution in [2.24, 2.45) is 4.99 Å². The van der Waals surface area contributed by atoms with Crippen LogP contribution >= 0.6 is 0 Å². The van der Waals surface area contributed by atoms with Gasteiger partial charge in [0, 0.05) is 18.9 Å². The number of methoxy groups -OCH3 is 1. The van der Waals surface area contributed by atoms with Gasteiger partial charge in [-0.3, -0.25) is 0 Å². The number of aliphatic imine (C=N–C) groups is 1. The lowest BCUT2D eigenvalue weighted by atomic mass is 9.80. The lowest BCUT2D eigenvalue weighted by molar-refractivity contribution is -0.114. The summed E-state index contributed by atoms with van der Waals surface area (Å²) in [5.74, 6) is 0.769. The summed E-state index contributed by atoms with van der Waals surface area (Å²) in [6, 6.07) is 0. The Morgan fingerprint density at radius 3 is 2.50 bits per heavy atom. The molecule has 0 saturated heterocycles. The molecule has 1 heterocycles. The summed E-state index contributed by atoms with van der Waals surface area (Å²) in [6.45, 7) is 14.1. The van der Waals surface area contributed by atoms with Crippen molar-refractivity contribution in [2.75, 3.05) is 7.11 Å². The number of hydrogen-bond donors (Lipinski definition) is 1. The van der Waals surface area contributed by atoms with Crippen molar-refractivity contribution in [2.45, 2.75) is 45.8 Å². The molecule has 0 aromatic carbocycles. The molecule has 1 aliphatic heterocycles. The summed E-state index contributed by atoms with van der Waals surface area (Å²) in [7, 11) is 2.17. The standard InChI is InChI=1S/C15H25BN2O2/c1-8-9-17-13-11(2)12(10-18-13)16-20-15(5,6)14(3,4)19-7/h8-10,16H,2H2,1,3-7H3,(H,17,18)/b9-8-. The van der Waals surface area contributed by atoms with Crippen LogP contribution in [0.25, 0.3) is 0 Å². The zero-order chi connectivity index (χ0) is 15.4. The molecular weight excluding hydrogens is 251 g/mol. The van der Waals surface area contributed by atoms with Crippen LogP contribution in [0.1, 0.15) is 34.6 Å². The minimum absolute atomic E-state index is 0.372. The summed E-state index contributed by atoms with van der Waals surface area (Å²) in [4.78, 5) is 4.28. The van der Waals surface area contributed by atoms with Crippen LogP contribution in [0.5, 0.6) is 0 Å². The van der Waals surface area contributed by atoms with Crippen molar-refractivity contribution >= 4 is 13.3 Å². The molecule has 0 amide bonds. The number of nitrogens with zero attached hydrogens (tertiary/aromatic N) is 1. The largest absolute Gasteiger partial charge is 0.427 e. The van der Waals surface area contributed by atoms with E-state index in [-0.39, 0.29) is 5.60 Å². The van der Waals surface area contributed by atoms with E-state index in [4.69, 9.17) is 9.39 Å². The Labute approximate surface area is 122 Å². The van der Waals surface area contributed by atoms with Crippen LogP contribution in [0.2, 0.25) is 0 Å².